The van der Waals surface area contributed by atoms with Gasteiger partial charge < -0.3 is 31.3 Å². The summed E-state index contributed by atoms with van der Waals surface area (Å²) in [6.45, 7) is 8.74. The van der Waals surface area contributed by atoms with Crippen molar-refractivity contribution in [2.75, 3.05) is 26.7 Å². The Morgan fingerprint density at radius 1 is 1.04 bits per heavy atom. The second-order valence-corrected chi connectivity index (χ2v) is 12.9. The smallest absolute Gasteiger partial charge is 0.243 e. The maximum absolute atomic E-state index is 13.9. The molecule has 2 aromatic rings. The van der Waals surface area contributed by atoms with Crippen LogP contribution in [0.3, 0.4) is 0 Å². The molecule has 10 nitrogen and oxygen atoms in total. The van der Waals surface area contributed by atoms with E-state index in [-0.39, 0.29) is 35.8 Å². The summed E-state index contributed by atoms with van der Waals surface area (Å²) in [4.78, 5) is 56.1. The second-order valence-electron chi connectivity index (χ2n) is 12.9. The fourth-order valence-corrected chi connectivity index (χ4v) is 5.57. The van der Waals surface area contributed by atoms with Gasteiger partial charge in [-0.25, -0.2) is 4.39 Å². The second kappa shape index (κ2) is 15.8. The first-order valence-corrected chi connectivity index (χ1v) is 15.6. The van der Waals surface area contributed by atoms with Crippen LogP contribution in [0, 0.1) is 5.82 Å². The Morgan fingerprint density at radius 2 is 1.69 bits per heavy atom. The van der Waals surface area contributed by atoms with E-state index in [1.165, 1.54) is 31.0 Å². The van der Waals surface area contributed by atoms with Gasteiger partial charge in [-0.05, 0) is 72.4 Å². The topological polar surface area (TPSA) is 145 Å². The number of aromatic hydroxyl groups is 1. The summed E-state index contributed by atoms with van der Waals surface area (Å²) < 4.78 is 13.4. The first kappa shape index (κ1) is 35.5. The highest BCUT2D eigenvalue weighted by Crippen LogP contribution is 2.31. The van der Waals surface area contributed by atoms with E-state index in [4.69, 9.17) is 5.73 Å². The van der Waals surface area contributed by atoms with Gasteiger partial charge >= 0.3 is 0 Å². The molecule has 1 aliphatic rings. The van der Waals surface area contributed by atoms with Crippen LogP contribution in [0.4, 0.5) is 4.39 Å². The molecule has 3 unspecified atom stereocenters. The van der Waals surface area contributed by atoms with Crippen molar-refractivity contribution in [2.45, 2.75) is 89.8 Å². The SMILES string of the molecule is CC(=O)N1CCCCC(N(C)C(=O)C(N)Cc2ccc(F)cc2)C(=O)NC(Cc2ccc(O)c(C(C)(C)C)c2)C(=O)NCCC1. The molecule has 0 radical (unpaired) electrons. The molecule has 11 heteroatoms. The van der Waals surface area contributed by atoms with Gasteiger partial charge in [-0.15, -0.1) is 0 Å². The lowest BCUT2D eigenvalue weighted by Crippen LogP contribution is -2.57. The molecule has 0 spiro atoms. The molecular weight excluding hydrogens is 577 g/mol. The molecule has 1 fully saturated rings. The predicted molar refractivity (Wildman–Crippen MR) is 171 cm³/mol. The van der Waals surface area contributed by atoms with Crippen LogP contribution in [-0.4, -0.2) is 83.3 Å². The van der Waals surface area contributed by atoms with Crippen LogP contribution < -0.4 is 16.4 Å². The zero-order valence-electron chi connectivity index (χ0n) is 27.1. The number of rotatable bonds is 6. The number of benzene rings is 2. The normalized spacial score (nSPS) is 19.6. The Kier molecular flexibility index (Phi) is 12.5. The fraction of sp³-hybridized carbons (Fsp3) is 0.529. The number of amides is 4. The number of phenolic OH excluding ortho intramolecular Hbond substituents is 1. The Labute approximate surface area is 265 Å². The van der Waals surface area contributed by atoms with Crippen molar-refractivity contribution in [3.63, 3.8) is 0 Å². The number of carbonyl (C=O) groups is 4. The highest BCUT2D eigenvalue weighted by atomic mass is 19.1. The third-order valence-corrected chi connectivity index (χ3v) is 8.25. The van der Waals surface area contributed by atoms with Crippen molar-refractivity contribution in [1.82, 2.24) is 20.4 Å². The third kappa shape index (κ3) is 10.3. The standard InChI is InChI=1S/C34H48FN5O5/c1-22(41)40-17-7-6-9-29(39(5)33(45)27(36)20-23-10-13-25(35)14-11-23)32(44)38-28(31(43)37-16-8-18-40)21-24-12-15-30(42)26(19-24)34(2,3)4/h10-15,19,27-29,42H,6-9,16-18,20-21,36H2,1-5H3,(H,37,43)(H,38,44). The van der Waals surface area contributed by atoms with Crippen LogP contribution in [0.5, 0.6) is 5.75 Å². The highest BCUT2D eigenvalue weighted by molar-refractivity contribution is 5.93. The van der Waals surface area contributed by atoms with Gasteiger partial charge in [0.2, 0.25) is 23.6 Å². The molecule has 1 aliphatic heterocycles. The Morgan fingerprint density at radius 3 is 2.33 bits per heavy atom. The fourth-order valence-electron chi connectivity index (χ4n) is 5.57. The van der Waals surface area contributed by atoms with Crippen molar-refractivity contribution < 1.29 is 28.7 Å². The van der Waals surface area contributed by atoms with Gasteiger partial charge in [0.05, 0.1) is 6.04 Å². The molecule has 1 heterocycles. The maximum atomic E-state index is 13.9. The lowest BCUT2D eigenvalue weighted by Gasteiger charge is -2.31. The molecule has 45 heavy (non-hydrogen) atoms. The third-order valence-electron chi connectivity index (χ3n) is 8.25. The van der Waals surface area contributed by atoms with Gasteiger partial charge in [0.25, 0.3) is 0 Å². The summed E-state index contributed by atoms with van der Waals surface area (Å²) in [5, 5.41) is 16.2. The molecule has 2 aromatic carbocycles. The highest BCUT2D eigenvalue weighted by Gasteiger charge is 2.33. The summed E-state index contributed by atoms with van der Waals surface area (Å²) >= 11 is 0. The monoisotopic (exact) mass is 625 g/mol. The maximum Gasteiger partial charge on any atom is 0.243 e. The summed E-state index contributed by atoms with van der Waals surface area (Å²) in [5.74, 6) is -1.65. The number of phenols is 1. The van der Waals surface area contributed by atoms with Gasteiger partial charge in [0.1, 0.15) is 23.7 Å². The Hall–Kier alpha value is -3.99. The van der Waals surface area contributed by atoms with Gasteiger partial charge in [0.15, 0.2) is 0 Å². The van der Waals surface area contributed by atoms with Crippen LogP contribution >= 0.6 is 0 Å². The van der Waals surface area contributed by atoms with Gasteiger partial charge in [-0.2, -0.15) is 0 Å². The minimum absolute atomic E-state index is 0.0679. The zero-order valence-corrected chi connectivity index (χ0v) is 27.1. The first-order valence-electron chi connectivity index (χ1n) is 15.6. The number of carbonyl (C=O) groups excluding carboxylic acids is 4. The molecule has 0 saturated carbocycles. The molecule has 246 valence electrons. The number of hydrogen-bond donors (Lipinski definition) is 4. The van der Waals surface area contributed by atoms with E-state index < -0.39 is 35.8 Å². The predicted octanol–water partition coefficient (Wildman–Crippen LogP) is 2.79. The summed E-state index contributed by atoms with van der Waals surface area (Å²) in [6.07, 6.45) is 2.36. The van der Waals surface area contributed by atoms with Crippen molar-refractivity contribution >= 4 is 23.6 Å². The molecule has 3 atom stereocenters. The Bertz CT molecular complexity index is 1340. The van der Waals surface area contributed by atoms with Gasteiger partial charge in [0, 0.05) is 40.0 Å². The quantitative estimate of drug-likeness (QED) is 0.389. The minimum atomic E-state index is -0.971. The lowest BCUT2D eigenvalue weighted by atomic mass is 9.84. The molecule has 5 N–H and O–H groups in total. The zero-order chi connectivity index (χ0) is 33.3. The van der Waals surface area contributed by atoms with Gasteiger partial charge in [-0.3, -0.25) is 19.2 Å². The average molecular weight is 626 g/mol. The first-order chi connectivity index (χ1) is 21.2. The minimum Gasteiger partial charge on any atom is -0.508 e. The molecule has 1 saturated heterocycles. The molecular formula is C34H48FN5O5. The lowest BCUT2D eigenvalue weighted by molar-refractivity contribution is -0.141. The van der Waals surface area contributed by atoms with E-state index in [0.29, 0.717) is 50.9 Å². The van der Waals surface area contributed by atoms with Crippen LogP contribution in [0.15, 0.2) is 42.5 Å². The number of nitrogens with one attached hydrogen (secondary N) is 2. The van der Waals surface area contributed by atoms with Crippen LogP contribution in [0.2, 0.25) is 0 Å². The van der Waals surface area contributed by atoms with Crippen molar-refractivity contribution in [3.05, 3.63) is 65.0 Å². The molecule has 3 rings (SSSR count). The van der Waals surface area contributed by atoms with Crippen LogP contribution in [-0.2, 0) is 37.4 Å². The molecule has 0 bridgehead atoms. The van der Waals surface area contributed by atoms with E-state index in [1.807, 2.05) is 26.8 Å². The molecule has 4 amide bonds. The largest absolute Gasteiger partial charge is 0.508 e. The van der Waals surface area contributed by atoms with Crippen molar-refractivity contribution in [1.29, 1.82) is 0 Å². The number of nitrogens with zero attached hydrogens (tertiary/aromatic N) is 2. The Balaban J connectivity index is 1.88. The van der Waals surface area contributed by atoms with Crippen molar-refractivity contribution in [3.8, 4) is 5.75 Å². The van der Waals surface area contributed by atoms with Gasteiger partial charge in [-0.1, -0.05) is 45.0 Å². The summed E-state index contributed by atoms with van der Waals surface area (Å²) in [6, 6.07) is 8.03. The van der Waals surface area contributed by atoms with E-state index in [9.17, 15) is 28.7 Å². The molecule has 0 aliphatic carbocycles. The van der Waals surface area contributed by atoms with E-state index in [0.717, 1.165) is 11.1 Å². The summed E-state index contributed by atoms with van der Waals surface area (Å²) in [5.41, 5.74) is 8.08. The average Bonchev–Trinajstić information content (AvgIpc) is 2.97. The van der Waals surface area contributed by atoms with Crippen LogP contribution in [0.1, 0.15) is 70.1 Å². The van der Waals surface area contributed by atoms with Crippen LogP contribution in [0.25, 0.3) is 0 Å². The van der Waals surface area contributed by atoms with Crippen molar-refractivity contribution in [2.24, 2.45) is 5.73 Å². The van der Waals surface area contributed by atoms with E-state index in [2.05, 4.69) is 10.6 Å². The number of halogens is 1. The van der Waals surface area contributed by atoms with E-state index in [1.54, 1.807) is 29.2 Å². The number of hydrogen-bond acceptors (Lipinski definition) is 6. The number of likely N-dealkylation sites (N-methyl/N-ethyl adjacent to an activating group) is 1. The molecule has 0 aromatic heterocycles. The van der Waals surface area contributed by atoms with E-state index >= 15 is 0 Å². The summed E-state index contributed by atoms with van der Waals surface area (Å²) in [7, 11) is 1.52. The number of nitrogens with two attached hydrogens (primary N) is 1.